The molecule has 0 atom stereocenters. The van der Waals surface area contributed by atoms with Crippen molar-refractivity contribution in [3.63, 3.8) is 0 Å². The van der Waals surface area contributed by atoms with E-state index in [0.29, 0.717) is 17.7 Å². The maximum atomic E-state index is 5.95. The Balaban J connectivity index is 2.36. The second-order valence-electron chi connectivity index (χ2n) is 2.98. The molecule has 78 valence electrons. The highest BCUT2D eigenvalue weighted by molar-refractivity contribution is 6.28. The first-order chi connectivity index (χ1) is 7.31. The molecule has 0 unspecified atom stereocenters. The van der Waals surface area contributed by atoms with Crippen molar-refractivity contribution in [3.05, 3.63) is 41.4 Å². The van der Waals surface area contributed by atoms with E-state index in [9.17, 15) is 0 Å². The van der Waals surface area contributed by atoms with Gasteiger partial charge in [0.1, 0.15) is 6.61 Å². The summed E-state index contributed by atoms with van der Waals surface area (Å²) >= 11 is 5.95. The minimum Gasteiger partial charge on any atom is -0.377 e. The molecule has 0 N–H and O–H groups in total. The average molecular weight is 224 g/mol. The monoisotopic (exact) mass is 223 g/mol. The van der Waals surface area contributed by atoms with E-state index in [2.05, 4.69) is 10.1 Å². The molecular weight excluding hydrogens is 214 g/mol. The Bertz CT molecular complexity index is 441. The van der Waals surface area contributed by atoms with Crippen molar-refractivity contribution in [3.8, 4) is 5.69 Å². The van der Waals surface area contributed by atoms with Crippen LogP contribution in [0.25, 0.3) is 5.69 Å². The molecule has 0 fully saturated rings. The number of hydrogen-bond acceptors (Lipinski definition) is 3. The molecule has 0 amide bonds. The number of methoxy groups -OCH3 is 1. The largest absolute Gasteiger partial charge is 0.377 e. The van der Waals surface area contributed by atoms with Gasteiger partial charge in [0.2, 0.25) is 5.28 Å². The van der Waals surface area contributed by atoms with Crippen LogP contribution in [-0.4, -0.2) is 21.9 Å². The van der Waals surface area contributed by atoms with Crippen molar-refractivity contribution in [2.45, 2.75) is 6.61 Å². The zero-order chi connectivity index (χ0) is 10.7. The first-order valence-corrected chi connectivity index (χ1v) is 4.85. The molecule has 4 nitrogen and oxygen atoms in total. The molecule has 2 rings (SSSR count). The smallest absolute Gasteiger partial charge is 0.226 e. The first-order valence-electron chi connectivity index (χ1n) is 4.47. The highest BCUT2D eigenvalue weighted by Crippen LogP contribution is 2.13. The van der Waals surface area contributed by atoms with Crippen molar-refractivity contribution in [1.29, 1.82) is 0 Å². The second kappa shape index (κ2) is 4.42. The Morgan fingerprint density at radius 2 is 2.07 bits per heavy atom. The summed E-state index contributed by atoms with van der Waals surface area (Å²) in [7, 11) is 1.59. The van der Waals surface area contributed by atoms with Crippen LogP contribution in [0.2, 0.25) is 5.28 Å². The van der Waals surface area contributed by atoms with Gasteiger partial charge in [0.25, 0.3) is 0 Å². The molecule has 0 bridgehead atoms. The molecule has 0 aliphatic rings. The molecule has 2 aromatic rings. The molecule has 5 heteroatoms. The van der Waals surface area contributed by atoms with Crippen molar-refractivity contribution in [1.82, 2.24) is 14.8 Å². The maximum Gasteiger partial charge on any atom is 0.226 e. The number of hydrogen-bond donors (Lipinski definition) is 0. The van der Waals surface area contributed by atoms with E-state index in [0.717, 1.165) is 5.69 Å². The number of rotatable bonds is 3. The third-order valence-electron chi connectivity index (χ3n) is 1.89. The number of halogens is 1. The molecule has 0 spiro atoms. The summed E-state index contributed by atoms with van der Waals surface area (Å²) in [5.41, 5.74) is 0.886. The van der Waals surface area contributed by atoms with E-state index in [1.807, 2.05) is 30.3 Å². The summed E-state index contributed by atoms with van der Waals surface area (Å²) in [5.74, 6) is 0.575. The van der Waals surface area contributed by atoms with Crippen molar-refractivity contribution in [2.24, 2.45) is 0 Å². The van der Waals surface area contributed by atoms with Crippen molar-refractivity contribution < 1.29 is 4.74 Å². The third kappa shape index (κ3) is 2.16. The van der Waals surface area contributed by atoms with Crippen LogP contribution in [0.1, 0.15) is 5.82 Å². The number of nitrogens with zero attached hydrogens (tertiary/aromatic N) is 3. The van der Waals surface area contributed by atoms with Crippen LogP contribution in [0.15, 0.2) is 30.3 Å². The molecule has 0 saturated carbocycles. The van der Waals surface area contributed by atoms with Gasteiger partial charge < -0.3 is 4.74 Å². The van der Waals surface area contributed by atoms with Crippen molar-refractivity contribution >= 4 is 11.6 Å². The molecule has 1 aromatic carbocycles. The fourth-order valence-corrected chi connectivity index (χ4v) is 1.49. The van der Waals surface area contributed by atoms with E-state index >= 15 is 0 Å². The lowest BCUT2D eigenvalue weighted by atomic mass is 10.3. The fraction of sp³-hybridized carbons (Fsp3) is 0.200. The Morgan fingerprint density at radius 3 is 2.73 bits per heavy atom. The van der Waals surface area contributed by atoms with Gasteiger partial charge in [0, 0.05) is 7.11 Å². The first kappa shape index (κ1) is 10.1. The highest BCUT2D eigenvalue weighted by atomic mass is 35.5. The normalized spacial score (nSPS) is 10.5. The zero-order valence-corrected chi connectivity index (χ0v) is 8.98. The van der Waals surface area contributed by atoms with Crippen LogP contribution in [-0.2, 0) is 11.3 Å². The Hall–Kier alpha value is -1.39. The number of ether oxygens (including phenoxy) is 1. The van der Waals surface area contributed by atoms with Gasteiger partial charge >= 0.3 is 0 Å². The van der Waals surface area contributed by atoms with Crippen LogP contribution >= 0.6 is 11.6 Å². The van der Waals surface area contributed by atoms with Crippen LogP contribution < -0.4 is 0 Å². The van der Waals surface area contributed by atoms with Gasteiger partial charge in [-0.15, -0.1) is 5.10 Å². The van der Waals surface area contributed by atoms with Gasteiger partial charge in [-0.2, -0.15) is 4.98 Å². The second-order valence-corrected chi connectivity index (χ2v) is 3.32. The molecule has 0 radical (unpaired) electrons. The predicted octanol–water partition coefficient (Wildman–Crippen LogP) is 2.07. The Morgan fingerprint density at radius 1 is 1.33 bits per heavy atom. The molecular formula is C10H10ClN3O. The summed E-state index contributed by atoms with van der Waals surface area (Å²) in [5, 5.41) is 4.56. The number of para-hydroxylation sites is 1. The van der Waals surface area contributed by atoms with E-state index in [1.54, 1.807) is 11.8 Å². The van der Waals surface area contributed by atoms with Crippen LogP contribution in [0.4, 0.5) is 0 Å². The minimum atomic E-state index is 0.341. The Kier molecular flexibility index (Phi) is 2.99. The lowest BCUT2D eigenvalue weighted by Gasteiger charge is -1.99. The summed E-state index contributed by atoms with van der Waals surface area (Å²) in [4.78, 5) is 4.07. The van der Waals surface area contributed by atoms with Gasteiger partial charge in [-0.3, -0.25) is 0 Å². The van der Waals surface area contributed by atoms with Gasteiger partial charge in [-0.25, -0.2) is 4.68 Å². The van der Waals surface area contributed by atoms with E-state index in [-0.39, 0.29) is 0 Å². The Labute approximate surface area is 92.5 Å². The summed E-state index contributed by atoms with van der Waals surface area (Å²) in [6.45, 7) is 0.361. The lowest BCUT2D eigenvalue weighted by Crippen LogP contribution is -1.97. The lowest BCUT2D eigenvalue weighted by molar-refractivity contribution is 0.178. The average Bonchev–Trinajstić information content (AvgIpc) is 2.61. The molecule has 15 heavy (non-hydrogen) atoms. The van der Waals surface area contributed by atoms with E-state index in [4.69, 9.17) is 16.3 Å². The zero-order valence-electron chi connectivity index (χ0n) is 8.22. The van der Waals surface area contributed by atoms with Crippen LogP contribution in [0.3, 0.4) is 0 Å². The third-order valence-corrected chi connectivity index (χ3v) is 2.13. The minimum absolute atomic E-state index is 0.341. The number of benzene rings is 1. The summed E-state index contributed by atoms with van der Waals surface area (Å²) < 4.78 is 6.51. The summed E-state index contributed by atoms with van der Waals surface area (Å²) in [6, 6.07) is 9.60. The molecule has 1 aromatic heterocycles. The summed E-state index contributed by atoms with van der Waals surface area (Å²) in [6.07, 6.45) is 0. The quantitative estimate of drug-likeness (QED) is 0.800. The van der Waals surface area contributed by atoms with Crippen LogP contribution in [0, 0.1) is 0 Å². The SMILES string of the molecule is COCc1nc(Cl)n(-c2ccccc2)n1. The maximum absolute atomic E-state index is 5.95. The molecule has 0 aliphatic heterocycles. The van der Waals surface area contributed by atoms with Gasteiger partial charge in [0.05, 0.1) is 5.69 Å². The van der Waals surface area contributed by atoms with Gasteiger partial charge in [0.15, 0.2) is 5.82 Å². The van der Waals surface area contributed by atoms with Crippen molar-refractivity contribution in [2.75, 3.05) is 7.11 Å². The molecule has 0 saturated heterocycles. The molecule has 1 heterocycles. The topological polar surface area (TPSA) is 39.9 Å². The van der Waals surface area contributed by atoms with Gasteiger partial charge in [-0.05, 0) is 23.7 Å². The molecule has 0 aliphatic carbocycles. The standard InChI is InChI=1S/C10H10ClN3O/c1-15-7-9-12-10(11)14(13-9)8-5-3-2-4-6-8/h2-6H,7H2,1H3. The van der Waals surface area contributed by atoms with E-state index < -0.39 is 0 Å². The number of aromatic nitrogens is 3. The highest BCUT2D eigenvalue weighted by Gasteiger charge is 2.08. The van der Waals surface area contributed by atoms with E-state index in [1.165, 1.54) is 0 Å². The fourth-order valence-electron chi connectivity index (χ4n) is 1.26. The predicted molar refractivity (Wildman–Crippen MR) is 57.1 cm³/mol. The van der Waals surface area contributed by atoms with Crippen LogP contribution in [0.5, 0.6) is 0 Å². The van der Waals surface area contributed by atoms with Gasteiger partial charge in [-0.1, -0.05) is 18.2 Å².